The molecule has 1 heterocycles. The molecule has 1 aromatic rings. The number of amides is 2. The van der Waals surface area contributed by atoms with Gasteiger partial charge in [0.2, 0.25) is 11.8 Å². The lowest BCUT2D eigenvalue weighted by Crippen LogP contribution is -2.37. The topological polar surface area (TPSA) is 75.4 Å². The van der Waals surface area contributed by atoms with Gasteiger partial charge in [0, 0.05) is 25.4 Å². The Labute approximate surface area is 149 Å². The summed E-state index contributed by atoms with van der Waals surface area (Å²) in [5, 5.41) is 3.36. The fraction of sp³-hybridized carbons (Fsp3) is 0.556. The third-order valence-corrected chi connectivity index (χ3v) is 5.24. The minimum absolute atomic E-state index is 0. The molecule has 1 saturated carbocycles. The first kappa shape index (κ1) is 18.7. The predicted octanol–water partition coefficient (Wildman–Crippen LogP) is 1.70. The Balaban J connectivity index is 0.00000208. The molecule has 1 aromatic carbocycles. The molecule has 3 rings (SSSR count). The van der Waals surface area contributed by atoms with Gasteiger partial charge in [-0.25, -0.2) is 0 Å². The molecular formula is C18H26ClN3O2. The van der Waals surface area contributed by atoms with Crippen molar-refractivity contribution < 1.29 is 9.59 Å². The van der Waals surface area contributed by atoms with Gasteiger partial charge >= 0.3 is 0 Å². The average molecular weight is 352 g/mol. The zero-order valence-corrected chi connectivity index (χ0v) is 14.7. The zero-order chi connectivity index (χ0) is 16.3. The molecule has 5 nitrogen and oxygen atoms in total. The molecule has 2 amide bonds. The first-order valence-electron chi connectivity index (χ1n) is 8.42. The fourth-order valence-corrected chi connectivity index (χ4v) is 3.71. The molecule has 0 radical (unpaired) electrons. The Bertz CT molecular complexity index is 573. The number of rotatable bonds is 6. The van der Waals surface area contributed by atoms with Crippen molar-refractivity contribution >= 4 is 24.2 Å². The van der Waals surface area contributed by atoms with E-state index in [0.29, 0.717) is 13.1 Å². The molecule has 1 unspecified atom stereocenters. The molecule has 1 saturated heterocycles. The molecule has 0 aromatic heterocycles. The highest BCUT2D eigenvalue weighted by atomic mass is 35.5. The zero-order valence-electron chi connectivity index (χ0n) is 13.9. The number of piperidine rings is 1. The van der Waals surface area contributed by atoms with Gasteiger partial charge in [-0.3, -0.25) is 9.59 Å². The van der Waals surface area contributed by atoms with Crippen LogP contribution in [0.3, 0.4) is 0 Å². The van der Waals surface area contributed by atoms with Crippen LogP contribution in [0.15, 0.2) is 30.3 Å². The molecule has 1 spiro atoms. The van der Waals surface area contributed by atoms with Gasteiger partial charge in [0.25, 0.3) is 0 Å². The van der Waals surface area contributed by atoms with Gasteiger partial charge in [0.1, 0.15) is 0 Å². The summed E-state index contributed by atoms with van der Waals surface area (Å²) in [7, 11) is 0. The van der Waals surface area contributed by atoms with E-state index >= 15 is 0 Å². The van der Waals surface area contributed by atoms with Crippen molar-refractivity contribution in [2.24, 2.45) is 17.1 Å². The Hall–Kier alpha value is -1.59. The summed E-state index contributed by atoms with van der Waals surface area (Å²) in [6, 6.07) is 9.93. The molecule has 6 heteroatoms. The van der Waals surface area contributed by atoms with Gasteiger partial charge in [0.15, 0.2) is 0 Å². The molecule has 1 atom stereocenters. The smallest absolute Gasteiger partial charge is 0.226 e. The number of benzene rings is 1. The lowest BCUT2D eigenvalue weighted by atomic mass is 9.91. The Kier molecular flexibility index (Phi) is 6.24. The molecule has 1 aliphatic carbocycles. The minimum Gasteiger partial charge on any atom is -0.370 e. The van der Waals surface area contributed by atoms with E-state index in [2.05, 4.69) is 5.32 Å². The molecular weight excluding hydrogens is 326 g/mol. The van der Waals surface area contributed by atoms with Crippen molar-refractivity contribution in [1.82, 2.24) is 10.2 Å². The lowest BCUT2D eigenvalue weighted by Gasteiger charge is -2.27. The number of nitrogens with two attached hydrogens (primary N) is 1. The van der Waals surface area contributed by atoms with Crippen LogP contribution in [0.25, 0.3) is 0 Å². The van der Waals surface area contributed by atoms with Crippen molar-refractivity contribution in [2.75, 3.05) is 19.6 Å². The monoisotopic (exact) mass is 351 g/mol. The first-order valence-corrected chi connectivity index (χ1v) is 8.42. The summed E-state index contributed by atoms with van der Waals surface area (Å²) >= 11 is 0. The van der Waals surface area contributed by atoms with E-state index in [-0.39, 0.29) is 42.0 Å². The van der Waals surface area contributed by atoms with Crippen LogP contribution in [-0.4, -0.2) is 36.3 Å². The highest BCUT2D eigenvalue weighted by molar-refractivity contribution is 5.85. The minimum atomic E-state index is -0.358. The van der Waals surface area contributed by atoms with Crippen LogP contribution in [0.4, 0.5) is 0 Å². The van der Waals surface area contributed by atoms with Crippen LogP contribution in [0.5, 0.6) is 0 Å². The van der Waals surface area contributed by atoms with E-state index in [4.69, 9.17) is 5.73 Å². The van der Waals surface area contributed by atoms with E-state index in [1.54, 1.807) is 0 Å². The summed E-state index contributed by atoms with van der Waals surface area (Å²) in [6.07, 6.45) is 3.38. The Morgan fingerprint density at radius 3 is 2.50 bits per heavy atom. The van der Waals surface area contributed by atoms with Crippen molar-refractivity contribution in [2.45, 2.75) is 32.2 Å². The number of carbonyl (C=O) groups is 2. The Morgan fingerprint density at radius 1 is 1.21 bits per heavy atom. The number of nitrogens with one attached hydrogen (secondary N) is 1. The molecule has 0 bridgehead atoms. The van der Waals surface area contributed by atoms with Crippen LogP contribution in [0.2, 0.25) is 0 Å². The van der Waals surface area contributed by atoms with Gasteiger partial charge in [-0.1, -0.05) is 30.3 Å². The van der Waals surface area contributed by atoms with E-state index < -0.39 is 0 Å². The van der Waals surface area contributed by atoms with Gasteiger partial charge in [-0.2, -0.15) is 0 Å². The third-order valence-electron chi connectivity index (χ3n) is 5.24. The lowest BCUT2D eigenvalue weighted by molar-refractivity contribution is -0.134. The maximum Gasteiger partial charge on any atom is 0.226 e. The molecule has 24 heavy (non-hydrogen) atoms. The van der Waals surface area contributed by atoms with E-state index in [9.17, 15) is 9.59 Å². The fourth-order valence-electron chi connectivity index (χ4n) is 3.71. The molecule has 2 fully saturated rings. The summed E-state index contributed by atoms with van der Waals surface area (Å²) in [5.41, 5.74) is 6.58. The maximum absolute atomic E-state index is 12.9. The first-order chi connectivity index (χ1) is 11.1. The number of carbonyl (C=O) groups excluding carboxylic acids is 2. The van der Waals surface area contributed by atoms with Crippen molar-refractivity contribution in [3.8, 4) is 0 Å². The van der Waals surface area contributed by atoms with Crippen LogP contribution in [-0.2, 0) is 16.1 Å². The number of halogens is 1. The maximum atomic E-state index is 12.9. The van der Waals surface area contributed by atoms with Crippen LogP contribution >= 0.6 is 12.4 Å². The predicted molar refractivity (Wildman–Crippen MR) is 95.6 cm³/mol. The summed E-state index contributed by atoms with van der Waals surface area (Å²) in [6.45, 7) is 2.97. The van der Waals surface area contributed by atoms with Gasteiger partial charge in [-0.05, 0) is 43.3 Å². The van der Waals surface area contributed by atoms with E-state index in [1.807, 2.05) is 35.2 Å². The van der Waals surface area contributed by atoms with Crippen molar-refractivity contribution in [3.63, 3.8) is 0 Å². The second-order valence-corrected chi connectivity index (χ2v) is 6.83. The van der Waals surface area contributed by atoms with Gasteiger partial charge in [-0.15, -0.1) is 12.4 Å². The normalized spacial score (nSPS) is 20.9. The largest absolute Gasteiger partial charge is 0.370 e. The molecule has 132 valence electrons. The second kappa shape index (κ2) is 7.99. The quantitative estimate of drug-likeness (QED) is 0.819. The van der Waals surface area contributed by atoms with Crippen LogP contribution < -0.4 is 11.1 Å². The van der Waals surface area contributed by atoms with Crippen molar-refractivity contribution in [1.29, 1.82) is 0 Å². The molecule has 3 N–H and O–H groups in total. The second-order valence-electron chi connectivity index (χ2n) is 6.83. The molecule has 2 aliphatic rings. The summed E-state index contributed by atoms with van der Waals surface area (Å²) in [4.78, 5) is 25.9. The van der Waals surface area contributed by atoms with Gasteiger partial charge < -0.3 is 16.0 Å². The van der Waals surface area contributed by atoms with Crippen LogP contribution in [0.1, 0.15) is 31.2 Å². The average Bonchev–Trinajstić information content (AvgIpc) is 3.25. The standard InChI is InChI=1S/C18H25N3O2.ClH/c19-16(22)6-11-21(13-14-4-2-1-3-5-14)17(23)15-12-18(15)7-9-20-10-8-18;/h1-5,15,20H,6-13H2,(H2,19,22);1H. The number of hydrogen-bond donors (Lipinski definition) is 2. The van der Waals surface area contributed by atoms with Crippen LogP contribution in [0, 0.1) is 11.3 Å². The SMILES string of the molecule is Cl.NC(=O)CCN(Cc1ccccc1)C(=O)C1CC12CCNCC2. The highest BCUT2D eigenvalue weighted by Crippen LogP contribution is 2.59. The third kappa shape index (κ3) is 4.28. The number of nitrogens with zero attached hydrogens (tertiary/aromatic N) is 1. The summed E-state index contributed by atoms with van der Waals surface area (Å²) < 4.78 is 0. The van der Waals surface area contributed by atoms with E-state index in [0.717, 1.165) is 37.9 Å². The number of hydrogen-bond acceptors (Lipinski definition) is 3. The van der Waals surface area contributed by atoms with Crippen molar-refractivity contribution in [3.05, 3.63) is 35.9 Å². The van der Waals surface area contributed by atoms with E-state index in [1.165, 1.54) is 0 Å². The highest BCUT2D eigenvalue weighted by Gasteiger charge is 2.58. The van der Waals surface area contributed by atoms with Gasteiger partial charge in [0.05, 0.1) is 0 Å². The number of primary amides is 1. The molecule has 1 aliphatic heterocycles. The summed E-state index contributed by atoms with van der Waals surface area (Å²) in [5.74, 6) is -0.0403. The Morgan fingerprint density at radius 2 is 1.88 bits per heavy atom.